The largest absolute Gasteiger partial charge is 0.468 e. The van der Waals surface area contributed by atoms with Crippen molar-refractivity contribution in [2.24, 2.45) is 17.8 Å². The number of fused-ring (bicyclic) bond motifs is 2. The van der Waals surface area contributed by atoms with Gasteiger partial charge in [-0.15, -0.1) is 0 Å². The van der Waals surface area contributed by atoms with Crippen LogP contribution in [-0.4, -0.2) is 7.05 Å². The molecule has 0 spiro atoms. The summed E-state index contributed by atoms with van der Waals surface area (Å²) >= 11 is 0. The van der Waals surface area contributed by atoms with Crippen LogP contribution in [-0.2, 0) is 0 Å². The molecule has 2 aliphatic rings. The molecule has 1 aromatic heterocycles. The molecule has 0 aliphatic heterocycles. The Balaban J connectivity index is 1.65. The average molecular weight is 219 g/mol. The van der Waals surface area contributed by atoms with Gasteiger partial charge in [0.15, 0.2) is 0 Å². The minimum absolute atomic E-state index is 0.416. The number of rotatable bonds is 4. The van der Waals surface area contributed by atoms with Crippen LogP contribution in [0.1, 0.15) is 43.9 Å². The molecule has 3 rings (SSSR count). The van der Waals surface area contributed by atoms with Gasteiger partial charge in [0, 0.05) is 0 Å². The maximum Gasteiger partial charge on any atom is 0.120 e. The summed E-state index contributed by atoms with van der Waals surface area (Å²) < 4.78 is 5.51. The van der Waals surface area contributed by atoms with Gasteiger partial charge in [-0.05, 0) is 62.6 Å². The maximum absolute atomic E-state index is 5.51. The van der Waals surface area contributed by atoms with E-state index in [1.165, 1.54) is 32.1 Å². The van der Waals surface area contributed by atoms with Crippen LogP contribution in [0.5, 0.6) is 0 Å². The molecule has 0 saturated heterocycles. The lowest BCUT2D eigenvalue weighted by Gasteiger charge is -2.25. The van der Waals surface area contributed by atoms with Crippen LogP contribution >= 0.6 is 0 Å². The van der Waals surface area contributed by atoms with E-state index in [2.05, 4.69) is 11.4 Å². The van der Waals surface area contributed by atoms with Crippen LogP contribution in [0.15, 0.2) is 22.8 Å². The predicted molar refractivity (Wildman–Crippen MR) is 64.1 cm³/mol. The maximum atomic E-state index is 5.51. The van der Waals surface area contributed by atoms with Gasteiger partial charge in [-0.2, -0.15) is 0 Å². The van der Waals surface area contributed by atoms with E-state index in [0.29, 0.717) is 6.04 Å². The zero-order valence-corrected chi connectivity index (χ0v) is 9.99. The topological polar surface area (TPSA) is 25.2 Å². The standard InChI is InChI=1S/C14H21NO/c1-15-13(14-3-2-6-16-14)9-12-8-10-4-5-11(12)7-10/h2-3,6,10-13,15H,4-5,7-9H2,1H3. The second kappa shape index (κ2) is 4.25. The number of nitrogens with one attached hydrogen (secondary N) is 1. The molecule has 0 amide bonds. The first-order chi connectivity index (χ1) is 7.86. The molecule has 1 aromatic rings. The lowest BCUT2D eigenvalue weighted by Crippen LogP contribution is -2.22. The summed E-state index contributed by atoms with van der Waals surface area (Å²) in [5, 5.41) is 3.40. The second-order valence-corrected chi connectivity index (χ2v) is 5.53. The van der Waals surface area contributed by atoms with Gasteiger partial charge in [-0.25, -0.2) is 0 Å². The average Bonchev–Trinajstić information content (AvgIpc) is 3.01. The fourth-order valence-corrected chi connectivity index (χ4v) is 3.83. The van der Waals surface area contributed by atoms with E-state index in [1.807, 2.05) is 13.1 Å². The predicted octanol–water partition coefficient (Wildman–Crippen LogP) is 3.37. The summed E-state index contributed by atoms with van der Waals surface area (Å²) in [6.07, 6.45) is 8.96. The molecule has 2 fully saturated rings. The Morgan fingerprint density at radius 1 is 1.44 bits per heavy atom. The normalized spacial score (nSPS) is 34.4. The summed E-state index contributed by atoms with van der Waals surface area (Å²) in [6, 6.07) is 4.49. The minimum Gasteiger partial charge on any atom is -0.468 e. The van der Waals surface area contributed by atoms with E-state index >= 15 is 0 Å². The molecular formula is C14H21NO. The van der Waals surface area contributed by atoms with Gasteiger partial charge < -0.3 is 9.73 Å². The van der Waals surface area contributed by atoms with Crippen LogP contribution in [0.2, 0.25) is 0 Å². The molecule has 2 heteroatoms. The van der Waals surface area contributed by atoms with Crippen molar-refractivity contribution in [3.05, 3.63) is 24.2 Å². The van der Waals surface area contributed by atoms with E-state index in [4.69, 9.17) is 4.42 Å². The van der Waals surface area contributed by atoms with Crippen LogP contribution in [0.4, 0.5) is 0 Å². The van der Waals surface area contributed by atoms with Gasteiger partial charge in [0.1, 0.15) is 5.76 Å². The van der Waals surface area contributed by atoms with Crippen LogP contribution in [0.25, 0.3) is 0 Å². The highest BCUT2D eigenvalue weighted by Gasteiger charge is 2.40. The molecular weight excluding hydrogens is 198 g/mol. The number of furan rings is 1. The third-order valence-electron chi connectivity index (χ3n) is 4.66. The van der Waals surface area contributed by atoms with Gasteiger partial charge in [0.2, 0.25) is 0 Å². The first-order valence-electron chi connectivity index (χ1n) is 6.57. The fourth-order valence-electron chi connectivity index (χ4n) is 3.83. The number of hydrogen-bond acceptors (Lipinski definition) is 2. The molecule has 4 unspecified atom stereocenters. The van der Waals surface area contributed by atoms with Crippen LogP contribution in [0.3, 0.4) is 0 Å². The van der Waals surface area contributed by atoms with E-state index < -0.39 is 0 Å². The quantitative estimate of drug-likeness (QED) is 0.840. The Morgan fingerprint density at radius 2 is 2.38 bits per heavy atom. The van der Waals surface area contributed by atoms with Crippen molar-refractivity contribution in [1.82, 2.24) is 5.32 Å². The molecule has 0 radical (unpaired) electrons. The summed E-state index contributed by atoms with van der Waals surface area (Å²) in [6.45, 7) is 0. The van der Waals surface area contributed by atoms with Gasteiger partial charge in [-0.3, -0.25) is 0 Å². The Morgan fingerprint density at radius 3 is 2.94 bits per heavy atom. The molecule has 4 atom stereocenters. The third kappa shape index (κ3) is 1.80. The van der Waals surface area contributed by atoms with Crippen molar-refractivity contribution in [3.8, 4) is 0 Å². The van der Waals surface area contributed by atoms with Crippen molar-refractivity contribution >= 4 is 0 Å². The molecule has 2 saturated carbocycles. The smallest absolute Gasteiger partial charge is 0.120 e. The monoisotopic (exact) mass is 219 g/mol. The molecule has 0 aromatic carbocycles. The Bertz CT molecular complexity index is 333. The van der Waals surface area contributed by atoms with Gasteiger partial charge >= 0.3 is 0 Å². The van der Waals surface area contributed by atoms with Crippen molar-refractivity contribution in [2.45, 2.75) is 38.1 Å². The van der Waals surface area contributed by atoms with Crippen molar-refractivity contribution in [2.75, 3.05) is 7.05 Å². The third-order valence-corrected chi connectivity index (χ3v) is 4.66. The van der Waals surface area contributed by atoms with E-state index in [1.54, 1.807) is 6.26 Å². The Hall–Kier alpha value is -0.760. The molecule has 1 N–H and O–H groups in total. The molecule has 16 heavy (non-hydrogen) atoms. The van der Waals surface area contributed by atoms with Crippen LogP contribution in [0, 0.1) is 17.8 Å². The summed E-state index contributed by atoms with van der Waals surface area (Å²) in [4.78, 5) is 0. The highest BCUT2D eigenvalue weighted by molar-refractivity contribution is 5.05. The first kappa shape index (κ1) is 10.4. The molecule has 2 aliphatic carbocycles. The fraction of sp³-hybridized carbons (Fsp3) is 0.714. The lowest BCUT2D eigenvalue weighted by molar-refractivity contribution is 0.268. The SMILES string of the molecule is CNC(CC1CC2CCC1C2)c1ccco1. The number of hydrogen-bond donors (Lipinski definition) is 1. The van der Waals surface area contributed by atoms with E-state index in [0.717, 1.165) is 23.5 Å². The molecule has 88 valence electrons. The molecule has 2 nitrogen and oxygen atoms in total. The molecule has 2 bridgehead atoms. The highest BCUT2D eigenvalue weighted by Crippen LogP contribution is 2.50. The second-order valence-electron chi connectivity index (χ2n) is 5.53. The summed E-state index contributed by atoms with van der Waals surface area (Å²) in [5.41, 5.74) is 0. The summed E-state index contributed by atoms with van der Waals surface area (Å²) in [7, 11) is 2.04. The Labute approximate surface area is 97.4 Å². The highest BCUT2D eigenvalue weighted by atomic mass is 16.3. The minimum atomic E-state index is 0.416. The lowest BCUT2D eigenvalue weighted by atomic mass is 9.84. The van der Waals surface area contributed by atoms with Crippen molar-refractivity contribution < 1.29 is 4.42 Å². The zero-order chi connectivity index (χ0) is 11.0. The van der Waals surface area contributed by atoms with Gasteiger partial charge in [-0.1, -0.05) is 6.42 Å². The van der Waals surface area contributed by atoms with Crippen LogP contribution < -0.4 is 5.32 Å². The van der Waals surface area contributed by atoms with Crippen molar-refractivity contribution in [1.29, 1.82) is 0 Å². The zero-order valence-electron chi connectivity index (χ0n) is 9.99. The van der Waals surface area contributed by atoms with Gasteiger partial charge in [0.25, 0.3) is 0 Å². The first-order valence-corrected chi connectivity index (χ1v) is 6.57. The Kier molecular flexibility index (Phi) is 2.76. The molecule has 1 heterocycles. The van der Waals surface area contributed by atoms with E-state index in [-0.39, 0.29) is 0 Å². The van der Waals surface area contributed by atoms with Crippen molar-refractivity contribution in [3.63, 3.8) is 0 Å². The van der Waals surface area contributed by atoms with Gasteiger partial charge in [0.05, 0.1) is 12.3 Å². The van der Waals surface area contributed by atoms with E-state index in [9.17, 15) is 0 Å². The summed E-state index contributed by atoms with van der Waals surface area (Å²) in [5.74, 6) is 4.09.